The summed E-state index contributed by atoms with van der Waals surface area (Å²) < 4.78 is 48.8. The van der Waals surface area contributed by atoms with Crippen LogP contribution < -0.4 is 5.32 Å². The highest BCUT2D eigenvalue weighted by atomic mass is 32.2. The Balaban J connectivity index is 2.58. The van der Waals surface area contributed by atoms with Crippen molar-refractivity contribution in [3.8, 4) is 0 Å². The third-order valence-corrected chi connectivity index (χ3v) is 2.52. The number of alkyl halides is 3. The molecule has 0 radical (unpaired) electrons. The first-order chi connectivity index (χ1) is 8.31. The maximum absolute atomic E-state index is 13.4. The largest absolute Gasteiger partial charge is 0.478 e. The molecule has 0 aliphatic heterocycles. The van der Waals surface area contributed by atoms with E-state index >= 15 is 0 Å². The van der Waals surface area contributed by atoms with Gasteiger partial charge in [0.25, 0.3) is 0 Å². The molecule has 0 amide bonds. The second-order valence-corrected chi connectivity index (χ2v) is 4.21. The van der Waals surface area contributed by atoms with Gasteiger partial charge in [-0.25, -0.2) is 14.2 Å². The molecule has 1 heterocycles. The Hall–Kier alpha value is -1.51. The zero-order valence-electron chi connectivity index (χ0n) is 8.79. The number of carbonyl (C=O) groups is 1. The Morgan fingerprint density at radius 1 is 1.50 bits per heavy atom. The van der Waals surface area contributed by atoms with E-state index in [-0.39, 0.29) is 29.9 Å². The number of pyridine rings is 1. The third kappa shape index (κ3) is 4.40. The number of aromatic carboxylic acids is 1. The van der Waals surface area contributed by atoms with E-state index in [2.05, 4.69) is 10.3 Å². The highest BCUT2D eigenvalue weighted by Crippen LogP contribution is 2.29. The SMILES string of the molecule is O=C(O)c1ccnc(NCCSC(F)(F)F)c1F. The van der Waals surface area contributed by atoms with Crippen LogP contribution in [0.25, 0.3) is 0 Å². The van der Waals surface area contributed by atoms with Gasteiger partial charge in [-0.05, 0) is 17.8 Å². The first kappa shape index (κ1) is 14.6. The van der Waals surface area contributed by atoms with Crippen LogP contribution in [0.2, 0.25) is 0 Å². The minimum atomic E-state index is -4.35. The molecule has 100 valence electrons. The first-order valence-corrected chi connectivity index (χ1v) is 5.62. The number of halogens is 4. The standard InChI is InChI=1S/C9H8F4N2O2S/c10-6-5(8(16)17)1-2-14-7(6)15-3-4-18-9(11,12)13/h1-2H,3-4H2,(H,14,15)(H,16,17). The third-order valence-electron chi connectivity index (χ3n) is 1.78. The van der Waals surface area contributed by atoms with Crippen molar-refractivity contribution in [3.63, 3.8) is 0 Å². The number of anilines is 1. The van der Waals surface area contributed by atoms with Gasteiger partial charge >= 0.3 is 11.5 Å². The summed E-state index contributed by atoms with van der Waals surface area (Å²) in [5, 5.41) is 10.9. The van der Waals surface area contributed by atoms with Crippen molar-refractivity contribution in [1.29, 1.82) is 0 Å². The number of thioether (sulfide) groups is 1. The lowest BCUT2D eigenvalue weighted by Crippen LogP contribution is -2.13. The molecule has 1 aromatic heterocycles. The van der Waals surface area contributed by atoms with Gasteiger partial charge < -0.3 is 10.4 Å². The monoisotopic (exact) mass is 284 g/mol. The molecule has 9 heteroatoms. The normalized spacial score (nSPS) is 11.3. The van der Waals surface area contributed by atoms with Crippen LogP contribution in [0.1, 0.15) is 10.4 Å². The van der Waals surface area contributed by atoms with Crippen LogP contribution in [0.15, 0.2) is 12.3 Å². The summed E-state index contributed by atoms with van der Waals surface area (Å²) in [4.78, 5) is 14.1. The Kier molecular flexibility index (Phi) is 4.76. The van der Waals surface area contributed by atoms with Crippen LogP contribution >= 0.6 is 11.8 Å². The van der Waals surface area contributed by atoms with Crippen molar-refractivity contribution in [2.45, 2.75) is 5.51 Å². The van der Waals surface area contributed by atoms with Crippen LogP contribution in [0, 0.1) is 5.82 Å². The minimum absolute atomic E-state index is 0.183. The van der Waals surface area contributed by atoms with Crippen LogP contribution in [-0.2, 0) is 0 Å². The van der Waals surface area contributed by atoms with E-state index in [4.69, 9.17) is 5.11 Å². The first-order valence-electron chi connectivity index (χ1n) is 4.63. The Bertz CT molecular complexity index is 439. The number of carboxylic acids is 1. The number of carboxylic acid groups (broad SMARTS) is 1. The topological polar surface area (TPSA) is 62.2 Å². The van der Waals surface area contributed by atoms with Gasteiger partial charge in [0.15, 0.2) is 11.6 Å². The van der Waals surface area contributed by atoms with Crippen molar-refractivity contribution >= 4 is 23.5 Å². The predicted octanol–water partition coefficient (Wildman–Crippen LogP) is 2.58. The summed E-state index contributed by atoms with van der Waals surface area (Å²) in [7, 11) is 0. The molecular formula is C9H8F4N2O2S. The molecule has 0 unspecified atom stereocenters. The molecular weight excluding hydrogens is 276 g/mol. The summed E-state index contributed by atoms with van der Waals surface area (Å²) in [5.41, 5.74) is -4.94. The zero-order chi connectivity index (χ0) is 13.8. The molecule has 4 nitrogen and oxygen atoms in total. The predicted molar refractivity (Wildman–Crippen MR) is 58.2 cm³/mol. The smallest absolute Gasteiger partial charge is 0.441 e. The average Bonchev–Trinajstić information content (AvgIpc) is 2.24. The number of hydrogen-bond donors (Lipinski definition) is 2. The molecule has 1 aromatic rings. The van der Waals surface area contributed by atoms with E-state index in [9.17, 15) is 22.4 Å². The van der Waals surface area contributed by atoms with E-state index in [1.165, 1.54) is 0 Å². The van der Waals surface area contributed by atoms with Gasteiger partial charge in [0, 0.05) is 18.5 Å². The summed E-state index contributed by atoms with van der Waals surface area (Å²) >= 11 is -0.260. The number of nitrogens with zero attached hydrogens (tertiary/aromatic N) is 1. The van der Waals surface area contributed by atoms with E-state index in [1.54, 1.807) is 0 Å². The number of hydrogen-bond acceptors (Lipinski definition) is 4. The van der Waals surface area contributed by atoms with Gasteiger partial charge in [-0.3, -0.25) is 0 Å². The molecule has 0 fully saturated rings. The fourth-order valence-corrected chi connectivity index (χ4v) is 1.50. The lowest BCUT2D eigenvalue weighted by molar-refractivity contribution is -0.0327. The van der Waals surface area contributed by atoms with Gasteiger partial charge in [-0.2, -0.15) is 13.2 Å². The second kappa shape index (κ2) is 5.89. The fraction of sp³-hybridized carbons (Fsp3) is 0.333. The minimum Gasteiger partial charge on any atom is -0.478 e. The van der Waals surface area contributed by atoms with Crippen LogP contribution in [0.4, 0.5) is 23.4 Å². The number of rotatable bonds is 5. The van der Waals surface area contributed by atoms with E-state index < -0.39 is 22.9 Å². The van der Waals surface area contributed by atoms with Crippen molar-refractivity contribution in [1.82, 2.24) is 4.98 Å². The Morgan fingerprint density at radius 2 is 2.17 bits per heavy atom. The molecule has 18 heavy (non-hydrogen) atoms. The molecule has 0 atom stereocenters. The van der Waals surface area contributed by atoms with E-state index in [0.717, 1.165) is 12.3 Å². The fourth-order valence-electron chi connectivity index (χ4n) is 1.07. The van der Waals surface area contributed by atoms with Gasteiger partial charge in [0.05, 0.1) is 0 Å². The molecule has 0 aromatic carbocycles. The van der Waals surface area contributed by atoms with Crippen LogP contribution in [0.3, 0.4) is 0 Å². The van der Waals surface area contributed by atoms with Gasteiger partial charge in [0.2, 0.25) is 0 Å². The van der Waals surface area contributed by atoms with Gasteiger partial charge in [-0.1, -0.05) is 0 Å². The lowest BCUT2D eigenvalue weighted by Gasteiger charge is -2.08. The van der Waals surface area contributed by atoms with Crippen molar-refractivity contribution in [2.24, 2.45) is 0 Å². The molecule has 0 aliphatic carbocycles. The zero-order valence-corrected chi connectivity index (χ0v) is 9.61. The highest BCUT2D eigenvalue weighted by Gasteiger charge is 2.27. The summed E-state index contributed by atoms with van der Waals surface area (Å²) in [6.07, 6.45) is 1.06. The average molecular weight is 284 g/mol. The summed E-state index contributed by atoms with van der Waals surface area (Å²) in [6.45, 7) is -0.183. The van der Waals surface area contributed by atoms with Crippen molar-refractivity contribution in [2.75, 3.05) is 17.6 Å². The maximum atomic E-state index is 13.4. The van der Waals surface area contributed by atoms with Crippen LogP contribution in [-0.4, -0.2) is 33.9 Å². The molecule has 0 bridgehead atoms. The molecule has 0 saturated heterocycles. The lowest BCUT2D eigenvalue weighted by atomic mass is 10.2. The van der Waals surface area contributed by atoms with Crippen molar-refractivity contribution in [3.05, 3.63) is 23.6 Å². The second-order valence-electron chi connectivity index (χ2n) is 3.05. The van der Waals surface area contributed by atoms with Crippen LogP contribution in [0.5, 0.6) is 0 Å². The summed E-state index contributed by atoms with van der Waals surface area (Å²) in [5.74, 6) is -3.27. The molecule has 1 rings (SSSR count). The summed E-state index contributed by atoms with van der Waals surface area (Å²) in [6, 6.07) is 0.966. The molecule has 0 saturated carbocycles. The Labute approximate surface area is 103 Å². The quantitative estimate of drug-likeness (QED) is 0.643. The van der Waals surface area contributed by atoms with E-state index in [0.29, 0.717) is 0 Å². The van der Waals surface area contributed by atoms with E-state index in [1.807, 2.05) is 0 Å². The Morgan fingerprint density at radius 3 is 2.72 bits per heavy atom. The number of nitrogens with one attached hydrogen (secondary N) is 1. The molecule has 0 aliphatic rings. The molecule has 2 N–H and O–H groups in total. The molecule has 0 spiro atoms. The van der Waals surface area contributed by atoms with Crippen molar-refractivity contribution < 1.29 is 27.5 Å². The van der Waals surface area contributed by atoms with Gasteiger partial charge in [0.1, 0.15) is 5.56 Å². The van der Waals surface area contributed by atoms with Gasteiger partial charge in [-0.15, -0.1) is 0 Å². The highest BCUT2D eigenvalue weighted by molar-refractivity contribution is 8.00. The number of aromatic nitrogens is 1. The maximum Gasteiger partial charge on any atom is 0.441 e.